The van der Waals surface area contributed by atoms with Crippen LogP contribution in [0, 0.1) is 11.6 Å². The van der Waals surface area contributed by atoms with E-state index < -0.39 is 30.0 Å². The van der Waals surface area contributed by atoms with Crippen molar-refractivity contribution in [3.05, 3.63) is 22.2 Å². The molecule has 0 radical (unpaired) electrons. The van der Waals surface area contributed by atoms with Crippen LogP contribution in [0.3, 0.4) is 0 Å². The molecule has 0 unspecified atom stereocenters. The van der Waals surface area contributed by atoms with Crippen molar-refractivity contribution in [3.8, 4) is 5.75 Å². The minimum atomic E-state index is -1.05. The maximum atomic E-state index is 14.4. The van der Waals surface area contributed by atoms with Gasteiger partial charge in [-0.1, -0.05) is 0 Å². The molecule has 0 spiro atoms. The van der Waals surface area contributed by atoms with Gasteiger partial charge in [0.15, 0.2) is 11.6 Å². The molecule has 122 valence electrons. The molecule has 0 bridgehead atoms. The number of ether oxygens (including phenoxy) is 1. The van der Waals surface area contributed by atoms with Crippen molar-refractivity contribution in [2.45, 2.75) is 58.8 Å². The van der Waals surface area contributed by atoms with E-state index in [2.05, 4.69) is 15.9 Å². The first kappa shape index (κ1) is 17.7. The third-order valence-corrected chi connectivity index (χ3v) is 4.59. The summed E-state index contributed by atoms with van der Waals surface area (Å²) < 4.78 is 45.9. The number of rotatable bonds is 3. The lowest BCUT2D eigenvalue weighted by Crippen LogP contribution is -2.41. The highest BCUT2D eigenvalue weighted by molar-refractivity contribution is 9.10. The molecule has 1 fully saturated rings. The van der Waals surface area contributed by atoms with Crippen molar-refractivity contribution in [2.24, 2.45) is 0 Å². The van der Waals surface area contributed by atoms with Gasteiger partial charge in [-0.15, -0.1) is 0 Å². The quantitative estimate of drug-likeness (QED) is 0.593. The van der Waals surface area contributed by atoms with Gasteiger partial charge >= 0.3 is 7.12 Å². The summed E-state index contributed by atoms with van der Waals surface area (Å²) in [7, 11) is -0.969. The van der Waals surface area contributed by atoms with Crippen molar-refractivity contribution in [3.63, 3.8) is 0 Å². The molecule has 1 aliphatic heterocycles. The number of hydrogen-bond acceptors (Lipinski definition) is 3. The molecule has 1 aromatic carbocycles. The molecule has 1 aromatic rings. The van der Waals surface area contributed by atoms with E-state index in [1.54, 1.807) is 13.8 Å². The second-order valence-electron chi connectivity index (χ2n) is 6.66. The Morgan fingerprint density at radius 2 is 1.59 bits per heavy atom. The summed E-state index contributed by atoms with van der Waals surface area (Å²) >= 11 is 3.22. The minimum absolute atomic E-state index is 0.0131. The fourth-order valence-corrected chi connectivity index (χ4v) is 2.60. The Hall–Kier alpha value is -0.655. The fraction of sp³-hybridized carbons (Fsp3) is 0.600. The predicted molar refractivity (Wildman–Crippen MR) is 85.5 cm³/mol. The van der Waals surface area contributed by atoms with E-state index in [4.69, 9.17) is 14.0 Å². The third-order valence-electron chi connectivity index (χ3n) is 4.01. The molecular weight excluding hydrogens is 357 g/mol. The Balaban J connectivity index is 2.43. The molecule has 0 atom stereocenters. The zero-order chi connectivity index (χ0) is 16.9. The average Bonchev–Trinajstić information content (AvgIpc) is 2.58. The Bertz CT molecular complexity index is 575. The molecule has 3 nitrogen and oxygen atoms in total. The smallest absolute Gasteiger partial charge is 0.487 e. The van der Waals surface area contributed by atoms with Gasteiger partial charge < -0.3 is 14.0 Å². The summed E-state index contributed by atoms with van der Waals surface area (Å²) in [5.41, 5.74) is -1.24. The number of hydrogen-bond donors (Lipinski definition) is 0. The van der Waals surface area contributed by atoms with Crippen LogP contribution in [0.5, 0.6) is 5.75 Å². The van der Waals surface area contributed by atoms with E-state index in [0.717, 1.165) is 0 Å². The molecule has 0 amide bonds. The van der Waals surface area contributed by atoms with Crippen molar-refractivity contribution in [1.29, 1.82) is 0 Å². The van der Waals surface area contributed by atoms with E-state index in [-0.39, 0.29) is 17.3 Å². The highest BCUT2D eigenvalue weighted by Gasteiger charge is 2.52. The van der Waals surface area contributed by atoms with Crippen molar-refractivity contribution >= 4 is 28.5 Å². The Kier molecular flexibility index (Phi) is 4.64. The molecule has 0 aliphatic carbocycles. The van der Waals surface area contributed by atoms with Crippen LogP contribution in [0.4, 0.5) is 8.78 Å². The van der Waals surface area contributed by atoms with Crippen LogP contribution in [0.1, 0.15) is 41.5 Å². The molecule has 0 N–H and O–H groups in total. The maximum Gasteiger partial charge on any atom is 0.498 e. The lowest BCUT2D eigenvalue weighted by atomic mass is 9.78. The molecule has 0 saturated carbocycles. The summed E-state index contributed by atoms with van der Waals surface area (Å²) in [4.78, 5) is 0. The largest absolute Gasteiger partial charge is 0.498 e. The zero-order valence-electron chi connectivity index (χ0n) is 13.6. The van der Waals surface area contributed by atoms with Gasteiger partial charge in [-0.3, -0.25) is 0 Å². The lowest BCUT2D eigenvalue weighted by molar-refractivity contribution is 0.00578. The molecule has 1 aliphatic rings. The van der Waals surface area contributed by atoms with Crippen LogP contribution in [0.25, 0.3) is 0 Å². The molecular formula is C15H20BBrF2O3. The monoisotopic (exact) mass is 376 g/mol. The number of benzene rings is 1. The minimum Gasteiger partial charge on any atom is -0.487 e. The highest BCUT2D eigenvalue weighted by Crippen LogP contribution is 2.38. The van der Waals surface area contributed by atoms with Crippen molar-refractivity contribution in [1.82, 2.24) is 0 Å². The second-order valence-corrected chi connectivity index (χ2v) is 7.51. The fourth-order valence-electron chi connectivity index (χ4n) is 2.08. The van der Waals surface area contributed by atoms with Crippen LogP contribution >= 0.6 is 15.9 Å². The van der Waals surface area contributed by atoms with E-state index in [0.29, 0.717) is 4.47 Å². The molecule has 2 rings (SSSR count). The van der Waals surface area contributed by atoms with Gasteiger partial charge in [0.1, 0.15) is 0 Å². The predicted octanol–water partition coefficient (Wildman–Crippen LogP) is 3.81. The standard InChI is InChI=1S/C15H20BBrF2O3/c1-8(2)20-13-10(17)7-9(11(18)12(13)19)16-21-14(3,4)15(5,6)22-16/h7-8H,1-6H3. The second kappa shape index (κ2) is 5.76. The number of halogens is 3. The van der Waals surface area contributed by atoms with Crippen molar-refractivity contribution < 1.29 is 22.8 Å². The summed E-state index contributed by atoms with van der Waals surface area (Å²) in [6.45, 7) is 10.9. The summed E-state index contributed by atoms with van der Waals surface area (Å²) in [6.07, 6.45) is -0.270. The summed E-state index contributed by atoms with van der Waals surface area (Å²) in [6, 6.07) is 1.44. The summed E-state index contributed by atoms with van der Waals surface area (Å²) in [5, 5.41) is 0. The average molecular weight is 377 g/mol. The van der Waals surface area contributed by atoms with E-state index in [1.165, 1.54) is 6.07 Å². The van der Waals surface area contributed by atoms with Crippen LogP contribution in [0.2, 0.25) is 0 Å². The van der Waals surface area contributed by atoms with Crippen LogP contribution < -0.4 is 10.2 Å². The molecule has 0 aromatic heterocycles. The van der Waals surface area contributed by atoms with Gasteiger partial charge in [0, 0.05) is 5.46 Å². The normalized spacial score (nSPS) is 19.8. The van der Waals surface area contributed by atoms with Gasteiger partial charge in [0.05, 0.1) is 21.8 Å². The molecule has 1 heterocycles. The van der Waals surface area contributed by atoms with Gasteiger partial charge in [0.2, 0.25) is 5.82 Å². The highest BCUT2D eigenvalue weighted by atomic mass is 79.9. The lowest BCUT2D eigenvalue weighted by Gasteiger charge is -2.32. The van der Waals surface area contributed by atoms with Crippen molar-refractivity contribution in [2.75, 3.05) is 0 Å². The Morgan fingerprint density at radius 3 is 2.05 bits per heavy atom. The molecule has 1 saturated heterocycles. The van der Waals surface area contributed by atoms with Crippen LogP contribution in [0.15, 0.2) is 10.5 Å². The van der Waals surface area contributed by atoms with Gasteiger partial charge in [-0.2, -0.15) is 4.39 Å². The molecule has 22 heavy (non-hydrogen) atoms. The first-order chi connectivity index (χ1) is 9.96. The topological polar surface area (TPSA) is 27.7 Å². The van der Waals surface area contributed by atoms with Crippen LogP contribution in [-0.2, 0) is 9.31 Å². The Labute approximate surface area is 138 Å². The Morgan fingerprint density at radius 1 is 1.09 bits per heavy atom. The van der Waals surface area contributed by atoms with Gasteiger partial charge in [-0.25, -0.2) is 4.39 Å². The van der Waals surface area contributed by atoms with Gasteiger partial charge in [0.25, 0.3) is 0 Å². The van der Waals surface area contributed by atoms with E-state index in [1.807, 2.05) is 27.7 Å². The SMILES string of the molecule is CC(C)Oc1c(Br)cc(B2OC(C)(C)C(C)(C)O2)c(F)c1F. The maximum absolute atomic E-state index is 14.4. The zero-order valence-corrected chi connectivity index (χ0v) is 15.2. The summed E-state index contributed by atoms with van der Waals surface area (Å²) in [5.74, 6) is -2.21. The van der Waals surface area contributed by atoms with Crippen LogP contribution in [-0.4, -0.2) is 24.4 Å². The van der Waals surface area contributed by atoms with Gasteiger partial charge in [-0.05, 0) is 63.5 Å². The van der Waals surface area contributed by atoms with E-state index >= 15 is 0 Å². The molecule has 7 heteroatoms. The first-order valence-electron chi connectivity index (χ1n) is 7.16. The first-order valence-corrected chi connectivity index (χ1v) is 7.95. The van der Waals surface area contributed by atoms with E-state index in [9.17, 15) is 8.78 Å². The third kappa shape index (κ3) is 3.03.